The average Bonchev–Trinajstić information content (AvgIpc) is 2.31. The Morgan fingerprint density at radius 1 is 1.53 bits per heavy atom. The van der Waals surface area contributed by atoms with Crippen LogP contribution >= 0.6 is 0 Å². The van der Waals surface area contributed by atoms with Crippen molar-refractivity contribution in [3.8, 4) is 5.75 Å². The molecule has 1 heterocycles. The van der Waals surface area contributed by atoms with Gasteiger partial charge in [0, 0.05) is 6.04 Å². The highest BCUT2D eigenvalue weighted by Gasteiger charge is 2.23. The first-order valence-corrected chi connectivity index (χ1v) is 5.88. The summed E-state index contributed by atoms with van der Waals surface area (Å²) < 4.78 is 5.50. The molecule has 0 radical (unpaired) electrons. The van der Waals surface area contributed by atoms with E-state index in [0.29, 0.717) is 6.04 Å². The van der Waals surface area contributed by atoms with E-state index in [1.807, 2.05) is 25.2 Å². The molecule has 1 aliphatic heterocycles. The lowest BCUT2D eigenvalue weighted by atomic mass is 10.1. The Kier molecular flexibility index (Phi) is 3.33. The minimum absolute atomic E-state index is 0.0867. The molecule has 0 bridgehead atoms. The number of carbonyl (C=O) groups excluding carboxylic acids is 1. The van der Waals surface area contributed by atoms with Gasteiger partial charge in [-0.3, -0.25) is 4.79 Å². The van der Waals surface area contributed by atoms with Crippen molar-refractivity contribution in [2.24, 2.45) is 0 Å². The molecule has 4 nitrogen and oxygen atoms in total. The summed E-state index contributed by atoms with van der Waals surface area (Å²) in [6.45, 7) is 3.87. The van der Waals surface area contributed by atoms with Gasteiger partial charge < -0.3 is 15.4 Å². The van der Waals surface area contributed by atoms with E-state index in [1.165, 1.54) is 5.56 Å². The first kappa shape index (κ1) is 11.9. The predicted octanol–water partition coefficient (Wildman–Crippen LogP) is 1.56. The molecule has 0 fully saturated rings. The van der Waals surface area contributed by atoms with Crippen LogP contribution in [0, 0.1) is 0 Å². The minimum atomic E-state index is -0.412. The van der Waals surface area contributed by atoms with Gasteiger partial charge in [0.05, 0.1) is 5.69 Å². The summed E-state index contributed by atoms with van der Waals surface area (Å²) in [6.07, 6.45) is 0.513. The number of benzene rings is 1. The van der Waals surface area contributed by atoms with Crippen molar-refractivity contribution in [2.45, 2.75) is 32.4 Å². The third-order valence-corrected chi connectivity index (χ3v) is 3.01. The summed E-state index contributed by atoms with van der Waals surface area (Å²) in [5, 5.41) is 6.05. The van der Waals surface area contributed by atoms with Crippen LogP contribution in [0.3, 0.4) is 0 Å². The Morgan fingerprint density at radius 3 is 3.00 bits per heavy atom. The highest BCUT2D eigenvalue weighted by molar-refractivity contribution is 5.97. The second-order valence-corrected chi connectivity index (χ2v) is 4.47. The molecule has 2 rings (SSSR count). The molecule has 92 valence electrons. The first-order valence-electron chi connectivity index (χ1n) is 5.88. The normalized spacial score (nSPS) is 20.2. The zero-order valence-electron chi connectivity index (χ0n) is 10.4. The van der Waals surface area contributed by atoms with E-state index < -0.39 is 6.10 Å². The molecule has 2 N–H and O–H groups in total. The van der Waals surface area contributed by atoms with E-state index in [1.54, 1.807) is 6.92 Å². The monoisotopic (exact) mass is 234 g/mol. The van der Waals surface area contributed by atoms with Crippen LogP contribution in [0.15, 0.2) is 18.2 Å². The van der Waals surface area contributed by atoms with Gasteiger partial charge in [0.25, 0.3) is 5.91 Å². The Labute approximate surface area is 101 Å². The van der Waals surface area contributed by atoms with Crippen LogP contribution in [-0.4, -0.2) is 25.1 Å². The summed E-state index contributed by atoms with van der Waals surface area (Å²) >= 11 is 0. The van der Waals surface area contributed by atoms with Crippen LogP contribution < -0.4 is 15.4 Å². The van der Waals surface area contributed by atoms with Crippen molar-refractivity contribution < 1.29 is 9.53 Å². The average molecular weight is 234 g/mol. The van der Waals surface area contributed by atoms with Crippen LogP contribution in [0.25, 0.3) is 0 Å². The smallest absolute Gasteiger partial charge is 0.265 e. The molecule has 1 amide bonds. The standard InChI is InChI=1S/C13H18N2O2/c1-8(14-3)6-10-4-5-12-11(7-10)15-13(16)9(2)17-12/h4-5,7-9,14H,6H2,1-3H3,(H,15,16). The van der Waals surface area contributed by atoms with Crippen molar-refractivity contribution in [3.63, 3.8) is 0 Å². The molecule has 1 aromatic rings. The molecule has 0 aliphatic carbocycles. The van der Waals surface area contributed by atoms with Gasteiger partial charge in [-0.1, -0.05) is 6.07 Å². The van der Waals surface area contributed by atoms with Crippen LogP contribution in [0.1, 0.15) is 19.4 Å². The SMILES string of the molecule is CNC(C)Cc1ccc2c(c1)NC(=O)C(C)O2. The number of rotatable bonds is 3. The molecule has 0 saturated heterocycles. The predicted molar refractivity (Wildman–Crippen MR) is 67.4 cm³/mol. The maximum Gasteiger partial charge on any atom is 0.265 e. The van der Waals surface area contributed by atoms with Crippen molar-refractivity contribution in [1.29, 1.82) is 0 Å². The highest BCUT2D eigenvalue weighted by Crippen LogP contribution is 2.30. The fourth-order valence-corrected chi connectivity index (χ4v) is 1.84. The molecule has 0 saturated carbocycles. The molecule has 2 atom stereocenters. The Morgan fingerprint density at radius 2 is 2.29 bits per heavy atom. The summed E-state index contributed by atoms with van der Waals surface area (Å²) in [6, 6.07) is 6.35. The van der Waals surface area contributed by atoms with E-state index in [-0.39, 0.29) is 5.91 Å². The Bertz CT molecular complexity index is 431. The highest BCUT2D eigenvalue weighted by atomic mass is 16.5. The Hall–Kier alpha value is -1.55. The maximum atomic E-state index is 11.5. The quantitative estimate of drug-likeness (QED) is 0.834. The molecule has 17 heavy (non-hydrogen) atoms. The van der Waals surface area contributed by atoms with Gasteiger partial charge in [-0.15, -0.1) is 0 Å². The molecular weight excluding hydrogens is 216 g/mol. The van der Waals surface area contributed by atoms with Gasteiger partial charge in [0.2, 0.25) is 0 Å². The van der Waals surface area contributed by atoms with Gasteiger partial charge in [-0.2, -0.15) is 0 Å². The summed E-state index contributed by atoms with van der Waals surface area (Å²) in [5.41, 5.74) is 1.96. The number of fused-ring (bicyclic) bond motifs is 1. The number of nitrogens with one attached hydrogen (secondary N) is 2. The van der Waals surface area contributed by atoms with Gasteiger partial charge in [0.15, 0.2) is 6.10 Å². The van der Waals surface area contributed by atoms with E-state index >= 15 is 0 Å². The molecule has 0 spiro atoms. The van der Waals surface area contributed by atoms with Gasteiger partial charge in [0.1, 0.15) is 5.75 Å². The summed E-state index contributed by atoms with van der Waals surface area (Å²) in [4.78, 5) is 11.5. The topological polar surface area (TPSA) is 50.4 Å². The Balaban J connectivity index is 2.19. The number of amides is 1. The molecule has 1 aromatic carbocycles. The van der Waals surface area contributed by atoms with E-state index in [4.69, 9.17) is 4.74 Å². The van der Waals surface area contributed by atoms with Crippen molar-refractivity contribution >= 4 is 11.6 Å². The molecule has 0 aromatic heterocycles. The van der Waals surface area contributed by atoms with Gasteiger partial charge in [-0.25, -0.2) is 0 Å². The van der Waals surface area contributed by atoms with Crippen molar-refractivity contribution in [2.75, 3.05) is 12.4 Å². The second kappa shape index (κ2) is 4.75. The molecule has 4 heteroatoms. The lowest BCUT2D eigenvalue weighted by Gasteiger charge is -2.24. The molecule has 2 unspecified atom stereocenters. The van der Waals surface area contributed by atoms with Crippen molar-refractivity contribution in [1.82, 2.24) is 5.32 Å². The number of hydrogen-bond donors (Lipinski definition) is 2. The number of hydrogen-bond acceptors (Lipinski definition) is 3. The first-order chi connectivity index (χ1) is 8.10. The number of likely N-dealkylation sites (N-methyl/N-ethyl adjacent to an activating group) is 1. The number of ether oxygens (including phenoxy) is 1. The van der Waals surface area contributed by atoms with Crippen LogP contribution in [0.5, 0.6) is 5.75 Å². The minimum Gasteiger partial charge on any atom is -0.479 e. The third kappa shape index (κ3) is 2.58. The molecular formula is C13H18N2O2. The van der Waals surface area contributed by atoms with Crippen LogP contribution in [-0.2, 0) is 11.2 Å². The second-order valence-electron chi connectivity index (χ2n) is 4.47. The molecule has 1 aliphatic rings. The van der Waals surface area contributed by atoms with E-state index in [9.17, 15) is 4.79 Å². The number of carbonyl (C=O) groups is 1. The summed E-state index contributed by atoms with van der Waals surface area (Å²) in [7, 11) is 1.94. The lowest BCUT2D eigenvalue weighted by Crippen LogP contribution is -2.34. The zero-order valence-corrected chi connectivity index (χ0v) is 10.4. The third-order valence-electron chi connectivity index (χ3n) is 3.01. The van der Waals surface area contributed by atoms with Crippen LogP contribution in [0.2, 0.25) is 0 Å². The van der Waals surface area contributed by atoms with Crippen molar-refractivity contribution in [3.05, 3.63) is 23.8 Å². The largest absolute Gasteiger partial charge is 0.479 e. The fraction of sp³-hybridized carbons (Fsp3) is 0.462. The van der Waals surface area contributed by atoms with E-state index in [0.717, 1.165) is 17.9 Å². The van der Waals surface area contributed by atoms with Crippen LogP contribution in [0.4, 0.5) is 5.69 Å². The number of anilines is 1. The lowest BCUT2D eigenvalue weighted by molar-refractivity contribution is -0.122. The van der Waals surface area contributed by atoms with Gasteiger partial charge >= 0.3 is 0 Å². The maximum absolute atomic E-state index is 11.5. The summed E-state index contributed by atoms with van der Waals surface area (Å²) in [5.74, 6) is 0.661. The zero-order chi connectivity index (χ0) is 12.4. The fourth-order valence-electron chi connectivity index (χ4n) is 1.84. The van der Waals surface area contributed by atoms with Gasteiger partial charge in [-0.05, 0) is 45.0 Å². The van der Waals surface area contributed by atoms with E-state index in [2.05, 4.69) is 17.6 Å².